The number of carboxylic acids is 1. The number of hydrogen-bond donors (Lipinski definition) is 1. The summed E-state index contributed by atoms with van der Waals surface area (Å²) < 4.78 is 29.9. The van der Waals surface area contributed by atoms with Gasteiger partial charge in [-0.05, 0) is 30.9 Å². The van der Waals surface area contributed by atoms with Crippen molar-refractivity contribution in [2.24, 2.45) is 0 Å². The van der Waals surface area contributed by atoms with Gasteiger partial charge in [0, 0.05) is 13.2 Å². The Kier molecular flexibility index (Phi) is 5.00. The van der Waals surface area contributed by atoms with Crippen molar-refractivity contribution in [3.8, 4) is 0 Å². The van der Waals surface area contributed by atoms with Crippen LogP contribution in [0.5, 0.6) is 0 Å². The fraction of sp³-hybridized carbons (Fsp3) is 0.533. The number of hydrogen-bond acceptors (Lipinski definition) is 4. The van der Waals surface area contributed by atoms with Gasteiger partial charge in [0.15, 0.2) is 9.84 Å². The second-order valence-electron chi connectivity index (χ2n) is 5.42. The van der Waals surface area contributed by atoms with Crippen LogP contribution in [0, 0.1) is 0 Å². The molecule has 1 saturated heterocycles. The Morgan fingerprint density at radius 3 is 2.38 bits per heavy atom. The quantitative estimate of drug-likeness (QED) is 0.899. The van der Waals surface area contributed by atoms with Crippen LogP contribution in [0.4, 0.5) is 0 Å². The van der Waals surface area contributed by atoms with E-state index in [-0.39, 0.29) is 11.0 Å². The topological polar surface area (TPSA) is 80.7 Å². The van der Waals surface area contributed by atoms with Crippen LogP contribution in [-0.2, 0) is 25.1 Å². The van der Waals surface area contributed by atoms with Crippen molar-refractivity contribution in [1.29, 1.82) is 0 Å². The molecule has 1 aromatic rings. The number of aliphatic carboxylic acids is 1. The third-order valence-electron chi connectivity index (χ3n) is 3.89. The van der Waals surface area contributed by atoms with E-state index >= 15 is 0 Å². The zero-order chi connectivity index (χ0) is 15.5. The van der Waals surface area contributed by atoms with Crippen LogP contribution < -0.4 is 0 Å². The van der Waals surface area contributed by atoms with Crippen LogP contribution in [-0.4, -0.2) is 38.0 Å². The third kappa shape index (κ3) is 4.04. The number of carbonyl (C=O) groups is 1. The van der Waals surface area contributed by atoms with Crippen molar-refractivity contribution >= 4 is 15.8 Å². The molecule has 1 aromatic carbocycles. The minimum Gasteiger partial charge on any atom is -0.481 e. The van der Waals surface area contributed by atoms with Crippen LogP contribution in [0.3, 0.4) is 0 Å². The van der Waals surface area contributed by atoms with E-state index in [1.54, 1.807) is 31.2 Å². The predicted molar refractivity (Wildman–Crippen MR) is 79.0 cm³/mol. The van der Waals surface area contributed by atoms with Crippen LogP contribution >= 0.6 is 0 Å². The first-order chi connectivity index (χ1) is 9.90. The number of rotatable bonds is 5. The van der Waals surface area contributed by atoms with Gasteiger partial charge in [-0.25, -0.2) is 8.42 Å². The molecule has 5 nitrogen and oxygen atoms in total. The smallest absolute Gasteiger partial charge is 0.310 e. The second kappa shape index (κ2) is 6.58. The number of benzene rings is 1. The van der Waals surface area contributed by atoms with Crippen LogP contribution in [0.25, 0.3) is 0 Å². The average Bonchev–Trinajstić information content (AvgIpc) is 2.48. The molecule has 1 heterocycles. The minimum absolute atomic E-state index is 0.000596. The fourth-order valence-corrected chi connectivity index (χ4v) is 4.23. The molecule has 0 aromatic heterocycles. The molecule has 116 valence electrons. The molecular weight excluding hydrogens is 292 g/mol. The fourth-order valence-electron chi connectivity index (χ4n) is 2.43. The Labute approximate surface area is 124 Å². The van der Waals surface area contributed by atoms with Gasteiger partial charge in [-0.2, -0.15) is 0 Å². The van der Waals surface area contributed by atoms with Gasteiger partial charge in [-0.1, -0.05) is 24.3 Å². The summed E-state index contributed by atoms with van der Waals surface area (Å²) in [6.07, 6.45) is 1.10. The van der Waals surface area contributed by atoms with Crippen molar-refractivity contribution in [2.75, 3.05) is 13.2 Å². The Bertz CT molecular complexity index is 585. The van der Waals surface area contributed by atoms with Crippen molar-refractivity contribution in [3.05, 3.63) is 35.4 Å². The Hall–Kier alpha value is -1.40. The molecular formula is C15H20O5S. The SMILES string of the molecule is CC(C(=O)O)c1ccc(CS(=O)(=O)C2CCOCC2)cc1. The van der Waals surface area contributed by atoms with Gasteiger partial charge < -0.3 is 9.84 Å². The Balaban J connectivity index is 2.07. The highest BCUT2D eigenvalue weighted by atomic mass is 32.2. The number of ether oxygens (including phenoxy) is 1. The van der Waals surface area contributed by atoms with E-state index in [4.69, 9.17) is 9.84 Å². The van der Waals surface area contributed by atoms with E-state index in [0.29, 0.717) is 37.2 Å². The molecule has 1 N–H and O–H groups in total. The second-order valence-corrected chi connectivity index (χ2v) is 7.70. The van der Waals surface area contributed by atoms with Crippen LogP contribution in [0.1, 0.15) is 36.8 Å². The van der Waals surface area contributed by atoms with Gasteiger partial charge in [0.05, 0.1) is 16.9 Å². The number of sulfone groups is 1. The molecule has 0 amide bonds. The molecule has 1 atom stereocenters. The van der Waals surface area contributed by atoms with E-state index in [0.717, 1.165) is 0 Å². The van der Waals surface area contributed by atoms with Crippen molar-refractivity contribution < 1.29 is 23.1 Å². The summed E-state index contributed by atoms with van der Waals surface area (Å²) in [6, 6.07) is 6.78. The lowest BCUT2D eigenvalue weighted by molar-refractivity contribution is -0.138. The predicted octanol–water partition coefficient (Wildman–Crippen LogP) is 1.97. The molecule has 2 rings (SSSR count). The van der Waals surface area contributed by atoms with E-state index in [1.807, 2.05) is 0 Å². The average molecular weight is 312 g/mol. The summed E-state index contributed by atoms with van der Waals surface area (Å²) in [5.41, 5.74) is 1.37. The molecule has 21 heavy (non-hydrogen) atoms. The van der Waals surface area contributed by atoms with E-state index in [1.165, 1.54) is 0 Å². The van der Waals surface area contributed by atoms with Crippen molar-refractivity contribution in [1.82, 2.24) is 0 Å². The number of carboxylic acid groups (broad SMARTS) is 1. The third-order valence-corrected chi connectivity index (χ3v) is 6.12. The highest BCUT2D eigenvalue weighted by molar-refractivity contribution is 7.91. The van der Waals surface area contributed by atoms with Gasteiger partial charge in [-0.15, -0.1) is 0 Å². The van der Waals surface area contributed by atoms with E-state index in [9.17, 15) is 13.2 Å². The summed E-state index contributed by atoms with van der Waals surface area (Å²) in [5.74, 6) is -1.48. The van der Waals surface area contributed by atoms with Crippen molar-refractivity contribution in [2.45, 2.75) is 36.7 Å². The molecule has 0 bridgehead atoms. The minimum atomic E-state index is -3.18. The zero-order valence-corrected chi connectivity index (χ0v) is 12.8. The van der Waals surface area contributed by atoms with Crippen LogP contribution in [0.15, 0.2) is 24.3 Å². The summed E-state index contributed by atoms with van der Waals surface area (Å²) in [6.45, 7) is 2.61. The maximum atomic E-state index is 12.3. The summed E-state index contributed by atoms with van der Waals surface area (Å²) in [4.78, 5) is 10.9. The molecule has 1 aliphatic rings. The van der Waals surface area contributed by atoms with Gasteiger partial charge in [0.25, 0.3) is 0 Å². The van der Waals surface area contributed by atoms with Gasteiger partial charge in [0.1, 0.15) is 0 Å². The maximum absolute atomic E-state index is 12.3. The van der Waals surface area contributed by atoms with Gasteiger partial charge >= 0.3 is 5.97 Å². The van der Waals surface area contributed by atoms with Gasteiger partial charge in [-0.3, -0.25) is 4.79 Å². The normalized spacial score (nSPS) is 18.3. The van der Waals surface area contributed by atoms with E-state index < -0.39 is 21.7 Å². The van der Waals surface area contributed by atoms with E-state index in [2.05, 4.69) is 0 Å². The molecule has 1 fully saturated rings. The van der Waals surface area contributed by atoms with Gasteiger partial charge in [0.2, 0.25) is 0 Å². The standard InChI is InChI=1S/C15H20O5S/c1-11(15(16)17)13-4-2-12(3-5-13)10-21(18,19)14-6-8-20-9-7-14/h2-5,11,14H,6-10H2,1H3,(H,16,17). The van der Waals surface area contributed by atoms with Crippen LogP contribution in [0.2, 0.25) is 0 Å². The highest BCUT2D eigenvalue weighted by Gasteiger charge is 2.27. The lowest BCUT2D eigenvalue weighted by Gasteiger charge is -2.22. The molecule has 0 saturated carbocycles. The molecule has 1 unspecified atom stereocenters. The molecule has 0 radical (unpaired) electrons. The largest absolute Gasteiger partial charge is 0.481 e. The Morgan fingerprint density at radius 2 is 1.86 bits per heavy atom. The first-order valence-electron chi connectivity index (χ1n) is 7.01. The summed E-state index contributed by atoms with van der Waals surface area (Å²) >= 11 is 0. The summed E-state index contributed by atoms with van der Waals surface area (Å²) in [7, 11) is -3.18. The first-order valence-corrected chi connectivity index (χ1v) is 8.72. The highest BCUT2D eigenvalue weighted by Crippen LogP contribution is 2.22. The molecule has 0 spiro atoms. The van der Waals surface area contributed by atoms with Crippen molar-refractivity contribution in [3.63, 3.8) is 0 Å². The lowest BCUT2D eigenvalue weighted by Crippen LogP contribution is -2.29. The first kappa shape index (κ1) is 16.0. The maximum Gasteiger partial charge on any atom is 0.310 e. The molecule has 1 aliphatic heterocycles. The molecule has 0 aliphatic carbocycles. The monoisotopic (exact) mass is 312 g/mol. The zero-order valence-electron chi connectivity index (χ0n) is 12.0. The Morgan fingerprint density at radius 1 is 1.29 bits per heavy atom. The molecule has 6 heteroatoms. The lowest BCUT2D eigenvalue weighted by atomic mass is 10.0. The summed E-state index contributed by atoms with van der Waals surface area (Å²) in [5, 5.41) is 8.62.